The molecule has 0 spiro atoms. The molecule has 2 unspecified atom stereocenters. The topological polar surface area (TPSA) is 59.0 Å². The van der Waals surface area contributed by atoms with Crippen molar-refractivity contribution in [2.45, 2.75) is 59.2 Å². The van der Waals surface area contributed by atoms with E-state index in [4.69, 9.17) is 9.47 Å². The first-order valence-electron chi connectivity index (χ1n) is 9.10. The summed E-state index contributed by atoms with van der Waals surface area (Å²) in [7, 11) is 1.62. The maximum Gasteiger partial charge on any atom is 0.410 e. The Morgan fingerprint density at radius 2 is 1.84 bits per heavy atom. The van der Waals surface area contributed by atoms with Gasteiger partial charge in [-0.3, -0.25) is 0 Å². The fourth-order valence-corrected chi connectivity index (χ4v) is 2.83. The number of aliphatic hydroxyl groups is 1. The van der Waals surface area contributed by atoms with Crippen LogP contribution in [0, 0.1) is 5.92 Å². The minimum absolute atomic E-state index is 0.0182. The van der Waals surface area contributed by atoms with Gasteiger partial charge < -0.3 is 19.5 Å². The molecule has 0 radical (unpaired) electrons. The summed E-state index contributed by atoms with van der Waals surface area (Å²) in [6.07, 6.45) is 0.874. The van der Waals surface area contributed by atoms with Gasteiger partial charge in [0, 0.05) is 19.0 Å². The number of aliphatic hydroxyl groups excluding tert-OH is 1. The Balaban J connectivity index is 0.00000151. The van der Waals surface area contributed by atoms with Crippen molar-refractivity contribution in [1.82, 2.24) is 4.90 Å². The molecule has 0 saturated carbocycles. The number of hydrogen-bond donors (Lipinski definition) is 1. The highest BCUT2D eigenvalue weighted by molar-refractivity contribution is 5.68. The molecule has 1 amide bonds. The molecule has 5 nitrogen and oxygen atoms in total. The molecule has 1 saturated heterocycles. The van der Waals surface area contributed by atoms with Crippen LogP contribution in [0.25, 0.3) is 0 Å². The fourth-order valence-electron chi connectivity index (χ4n) is 2.83. The zero-order valence-corrected chi connectivity index (χ0v) is 16.4. The molecule has 2 rings (SSSR count). The molecule has 1 N–H and O–H groups in total. The number of piperidine rings is 1. The van der Waals surface area contributed by atoms with Crippen molar-refractivity contribution in [3.05, 3.63) is 29.8 Å². The highest BCUT2D eigenvalue weighted by Crippen LogP contribution is 2.31. The standard InChI is InChI=1S/C18H27NO4.C2H6/c1-18(2,3)23-17(21)19-11-5-6-14(12-19)16(20)13-7-9-15(22-4)10-8-13;1-2/h7-10,14,16,20H,5-6,11-12H2,1-4H3;1-2H3. The summed E-state index contributed by atoms with van der Waals surface area (Å²) in [5.74, 6) is 0.782. The summed E-state index contributed by atoms with van der Waals surface area (Å²) in [5, 5.41) is 10.6. The van der Waals surface area contributed by atoms with Gasteiger partial charge in [-0.1, -0.05) is 26.0 Å². The number of ether oxygens (including phenoxy) is 2. The fraction of sp³-hybridized carbons (Fsp3) is 0.650. The van der Waals surface area contributed by atoms with Crippen LogP contribution in [-0.2, 0) is 4.74 Å². The van der Waals surface area contributed by atoms with E-state index >= 15 is 0 Å². The lowest BCUT2D eigenvalue weighted by atomic mass is 9.88. The number of methoxy groups -OCH3 is 1. The maximum atomic E-state index is 12.2. The molecular weight excluding hydrogens is 318 g/mol. The minimum Gasteiger partial charge on any atom is -0.497 e. The number of nitrogens with zero attached hydrogens (tertiary/aromatic N) is 1. The molecule has 0 aromatic heterocycles. The first-order valence-corrected chi connectivity index (χ1v) is 9.10. The number of benzene rings is 1. The van der Waals surface area contributed by atoms with Crippen LogP contribution in [0.3, 0.4) is 0 Å². The summed E-state index contributed by atoms with van der Waals surface area (Å²) >= 11 is 0. The molecule has 1 heterocycles. The van der Waals surface area contributed by atoms with Gasteiger partial charge >= 0.3 is 6.09 Å². The van der Waals surface area contributed by atoms with Crippen molar-refractivity contribution < 1.29 is 19.4 Å². The van der Waals surface area contributed by atoms with Crippen LogP contribution >= 0.6 is 0 Å². The van der Waals surface area contributed by atoms with Gasteiger partial charge in [0.25, 0.3) is 0 Å². The number of carbonyl (C=O) groups is 1. The van der Waals surface area contributed by atoms with Gasteiger partial charge in [-0.15, -0.1) is 0 Å². The molecule has 1 aliphatic heterocycles. The molecule has 0 bridgehead atoms. The molecule has 142 valence electrons. The van der Waals surface area contributed by atoms with Crippen LogP contribution in [0.4, 0.5) is 4.79 Å². The van der Waals surface area contributed by atoms with Crippen molar-refractivity contribution in [2.75, 3.05) is 20.2 Å². The summed E-state index contributed by atoms with van der Waals surface area (Å²) in [6.45, 7) is 10.8. The Kier molecular flexibility index (Phi) is 8.23. The molecule has 0 aliphatic carbocycles. The quantitative estimate of drug-likeness (QED) is 0.877. The van der Waals surface area contributed by atoms with E-state index in [1.165, 1.54) is 0 Å². The molecule has 25 heavy (non-hydrogen) atoms. The van der Waals surface area contributed by atoms with Crippen molar-refractivity contribution in [1.29, 1.82) is 0 Å². The van der Waals surface area contributed by atoms with E-state index in [-0.39, 0.29) is 12.0 Å². The number of likely N-dealkylation sites (tertiary alicyclic amines) is 1. The second-order valence-corrected chi connectivity index (χ2v) is 7.05. The second-order valence-electron chi connectivity index (χ2n) is 7.05. The Bertz CT molecular complexity index is 521. The largest absolute Gasteiger partial charge is 0.497 e. The van der Waals surface area contributed by atoms with Gasteiger partial charge in [0.1, 0.15) is 11.4 Å². The number of carbonyl (C=O) groups excluding carboxylic acids is 1. The van der Waals surface area contributed by atoms with Gasteiger partial charge in [-0.05, 0) is 51.3 Å². The maximum absolute atomic E-state index is 12.2. The van der Waals surface area contributed by atoms with E-state index in [0.717, 1.165) is 24.2 Å². The second kappa shape index (κ2) is 9.66. The summed E-state index contributed by atoms with van der Waals surface area (Å²) in [5.41, 5.74) is 0.348. The molecule has 1 aromatic carbocycles. The minimum atomic E-state index is -0.592. The van der Waals surface area contributed by atoms with E-state index in [1.807, 2.05) is 58.9 Å². The average Bonchev–Trinajstić information content (AvgIpc) is 2.61. The third-order valence-corrected chi connectivity index (χ3v) is 4.01. The lowest BCUT2D eigenvalue weighted by Crippen LogP contribution is -2.44. The van der Waals surface area contributed by atoms with E-state index in [9.17, 15) is 9.90 Å². The Hall–Kier alpha value is -1.75. The van der Waals surface area contributed by atoms with E-state index in [2.05, 4.69) is 0 Å². The van der Waals surface area contributed by atoms with Crippen molar-refractivity contribution in [3.63, 3.8) is 0 Å². The van der Waals surface area contributed by atoms with Crippen molar-refractivity contribution in [3.8, 4) is 5.75 Å². The lowest BCUT2D eigenvalue weighted by Gasteiger charge is -2.36. The lowest BCUT2D eigenvalue weighted by molar-refractivity contribution is 0.00239. The summed E-state index contributed by atoms with van der Waals surface area (Å²) in [4.78, 5) is 13.9. The number of amides is 1. The van der Waals surface area contributed by atoms with Crippen LogP contribution in [-0.4, -0.2) is 41.9 Å². The smallest absolute Gasteiger partial charge is 0.410 e. The van der Waals surface area contributed by atoms with Gasteiger partial charge in [-0.25, -0.2) is 4.79 Å². The van der Waals surface area contributed by atoms with E-state index < -0.39 is 11.7 Å². The van der Waals surface area contributed by atoms with Gasteiger partial charge in [0.15, 0.2) is 0 Å². The van der Waals surface area contributed by atoms with Crippen LogP contribution < -0.4 is 4.74 Å². The van der Waals surface area contributed by atoms with Gasteiger partial charge in [0.05, 0.1) is 13.2 Å². The molecular formula is C20H33NO4. The predicted molar refractivity (Wildman–Crippen MR) is 99.8 cm³/mol. The van der Waals surface area contributed by atoms with Gasteiger partial charge in [0.2, 0.25) is 0 Å². The average molecular weight is 351 g/mol. The van der Waals surface area contributed by atoms with E-state index in [1.54, 1.807) is 12.0 Å². The number of rotatable bonds is 3. The van der Waals surface area contributed by atoms with Crippen LogP contribution in [0.15, 0.2) is 24.3 Å². The molecule has 5 heteroatoms. The van der Waals surface area contributed by atoms with Gasteiger partial charge in [-0.2, -0.15) is 0 Å². The number of hydrogen-bond acceptors (Lipinski definition) is 4. The first kappa shape index (κ1) is 21.3. The monoisotopic (exact) mass is 351 g/mol. The SMILES string of the molecule is CC.COc1ccc(C(O)C2CCCN(C(=O)OC(C)(C)C)C2)cc1. The summed E-state index contributed by atoms with van der Waals surface area (Å²) < 4.78 is 10.6. The van der Waals surface area contributed by atoms with Crippen LogP contribution in [0.2, 0.25) is 0 Å². The Morgan fingerprint density at radius 3 is 2.36 bits per heavy atom. The molecule has 1 aromatic rings. The van der Waals surface area contributed by atoms with Crippen molar-refractivity contribution >= 4 is 6.09 Å². The third-order valence-electron chi connectivity index (χ3n) is 4.01. The zero-order valence-electron chi connectivity index (χ0n) is 16.4. The Labute approximate surface area is 151 Å². The normalized spacial score (nSPS) is 18.7. The summed E-state index contributed by atoms with van der Waals surface area (Å²) in [6, 6.07) is 7.42. The molecule has 2 atom stereocenters. The molecule has 1 aliphatic rings. The van der Waals surface area contributed by atoms with E-state index in [0.29, 0.717) is 13.1 Å². The highest BCUT2D eigenvalue weighted by atomic mass is 16.6. The Morgan fingerprint density at radius 1 is 1.24 bits per heavy atom. The van der Waals surface area contributed by atoms with Crippen molar-refractivity contribution in [2.24, 2.45) is 5.92 Å². The van der Waals surface area contributed by atoms with Crippen LogP contribution in [0.5, 0.6) is 5.75 Å². The first-order chi connectivity index (χ1) is 11.8. The zero-order chi connectivity index (χ0) is 19.0. The predicted octanol–water partition coefficient (Wildman–Crippen LogP) is 4.40. The molecule has 1 fully saturated rings. The third kappa shape index (κ3) is 6.58. The highest BCUT2D eigenvalue weighted by Gasteiger charge is 2.31. The van der Waals surface area contributed by atoms with Crippen LogP contribution in [0.1, 0.15) is 59.1 Å².